The highest BCUT2D eigenvalue weighted by atomic mass is 16.6. The molecule has 0 aromatic heterocycles. The Hall–Kier alpha value is -0.730. The molecule has 126 valence electrons. The van der Waals surface area contributed by atoms with E-state index < -0.39 is 0 Å². The fraction of sp³-hybridized carbons (Fsp3) is 0.929. The van der Waals surface area contributed by atoms with Crippen molar-refractivity contribution in [3.8, 4) is 0 Å². The highest BCUT2D eigenvalue weighted by Crippen LogP contribution is 1.84. The quantitative estimate of drug-likeness (QED) is 0.411. The van der Waals surface area contributed by atoms with Crippen LogP contribution in [-0.2, 0) is 28.5 Å². The first-order chi connectivity index (χ1) is 10.3. The molecular formula is C14H29NO6. The van der Waals surface area contributed by atoms with Crippen molar-refractivity contribution < 1.29 is 28.5 Å². The van der Waals surface area contributed by atoms with E-state index in [0.29, 0.717) is 52.8 Å². The molecule has 1 amide bonds. The Morgan fingerprint density at radius 2 is 1.29 bits per heavy atom. The predicted molar refractivity (Wildman–Crippen MR) is 78.5 cm³/mol. The second kappa shape index (κ2) is 17.3. The third-order valence-electron chi connectivity index (χ3n) is 2.31. The second-order valence-corrected chi connectivity index (χ2v) is 4.23. The van der Waals surface area contributed by atoms with Gasteiger partial charge in [0.25, 0.3) is 0 Å². The summed E-state index contributed by atoms with van der Waals surface area (Å²) in [4.78, 5) is 11.0. The number of hydrogen-bond donors (Lipinski definition) is 1. The van der Waals surface area contributed by atoms with E-state index in [1.54, 1.807) is 0 Å². The Labute approximate surface area is 127 Å². The predicted octanol–water partition coefficient (Wildman–Crippen LogP) is 0.225. The minimum absolute atomic E-state index is 0.0760. The number of ether oxygens (including phenoxy) is 5. The Morgan fingerprint density at radius 1 is 0.810 bits per heavy atom. The van der Waals surface area contributed by atoms with Crippen LogP contribution in [0.25, 0.3) is 0 Å². The first kappa shape index (κ1) is 20.3. The molecule has 0 saturated carbocycles. The van der Waals surface area contributed by atoms with Crippen LogP contribution in [0.1, 0.15) is 13.3 Å². The van der Waals surface area contributed by atoms with Crippen LogP contribution >= 0.6 is 0 Å². The average molecular weight is 307 g/mol. The minimum Gasteiger partial charge on any atom is -0.379 e. The molecule has 0 unspecified atom stereocenters. The topological polar surface area (TPSA) is 75.3 Å². The molecule has 0 saturated heterocycles. The summed E-state index contributed by atoms with van der Waals surface area (Å²) in [6, 6.07) is 0. The SMILES string of the molecule is CCCOCCOCCOCCOCCNC(=O)COC. The van der Waals surface area contributed by atoms with Crippen molar-refractivity contribution in [2.45, 2.75) is 13.3 Å². The summed E-state index contributed by atoms with van der Waals surface area (Å²) < 4.78 is 25.9. The van der Waals surface area contributed by atoms with E-state index in [9.17, 15) is 4.79 Å². The lowest BCUT2D eigenvalue weighted by Gasteiger charge is -2.07. The van der Waals surface area contributed by atoms with E-state index in [1.165, 1.54) is 7.11 Å². The molecule has 1 N–H and O–H groups in total. The van der Waals surface area contributed by atoms with Crippen molar-refractivity contribution in [1.82, 2.24) is 5.32 Å². The van der Waals surface area contributed by atoms with Gasteiger partial charge in [-0.2, -0.15) is 0 Å². The van der Waals surface area contributed by atoms with Crippen LogP contribution < -0.4 is 5.32 Å². The molecular weight excluding hydrogens is 278 g/mol. The van der Waals surface area contributed by atoms with Gasteiger partial charge in [-0.05, 0) is 6.42 Å². The average Bonchev–Trinajstić information content (AvgIpc) is 2.48. The summed E-state index contributed by atoms with van der Waals surface area (Å²) in [5.74, 6) is -0.141. The zero-order valence-electron chi connectivity index (χ0n) is 13.2. The number of methoxy groups -OCH3 is 1. The molecule has 0 aromatic carbocycles. The maximum Gasteiger partial charge on any atom is 0.246 e. The van der Waals surface area contributed by atoms with Crippen molar-refractivity contribution in [3.05, 3.63) is 0 Å². The van der Waals surface area contributed by atoms with Gasteiger partial charge in [-0.1, -0.05) is 6.92 Å². The molecule has 0 rings (SSSR count). The van der Waals surface area contributed by atoms with Crippen LogP contribution in [0, 0.1) is 0 Å². The fourth-order valence-corrected chi connectivity index (χ4v) is 1.35. The van der Waals surface area contributed by atoms with Crippen LogP contribution in [-0.4, -0.2) is 79.0 Å². The maximum absolute atomic E-state index is 11.0. The summed E-state index contributed by atoms with van der Waals surface area (Å²) in [6.45, 7) is 7.21. The van der Waals surface area contributed by atoms with Crippen LogP contribution in [0.5, 0.6) is 0 Å². The van der Waals surface area contributed by atoms with Crippen molar-refractivity contribution in [3.63, 3.8) is 0 Å². The van der Waals surface area contributed by atoms with Gasteiger partial charge in [0.1, 0.15) is 6.61 Å². The minimum atomic E-state index is -0.141. The summed E-state index contributed by atoms with van der Waals surface area (Å²) in [5, 5.41) is 2.66. The van der Waals surface area contributed by atoms with E-state index in [2.05, 4.69) is 17.0 Å². The zero-order chi connectivity index (χ0) is 15.6. The lowest BCUT2D eigenvalue weighted by atomic mass is 10.5. The van der Waals surface area contributed by atoms with Crippen LogP contribution in [0.2, 0.25) is 0 Å². The van der Waals surface area contributed by atoms with Gasteiger partial charge in [0, 0.05) is 20.3 Å². The molecule has 21 heavy (non-hydrogen) atoms. The summed E-state index contributed by atoms with van der Waals surface area (Å²) in [7, 11) is 1.48. The Balaban J connectivity index is 3.01. The third kappa shape index (κ3) is 17.2. The number of amides is 1. The lowest BCUT2D eigenvalue weighted by molar-refractivity contribution is -0.125. The molecule has 0 aliphatic heterocycles. The zero-order valence-corrected chi connectivity index (χ0v) is 13.2. The molecule has 7 nitrogen and oxygen atoms in total. The maximum atomic E-state index is 11.0. The van der Waals surface area contributed by atoms with Gasteiger partial charge in [0.2, 0.25) is 5.91 Å². The Bertz CT molecular complexity index is 228. The van der Waals surface area contributed by atoms with Gasteiger partial charge in [0.05, 0.1) is 46.2 Å². The molecule has 0 bridgehead atoms. The third-order valence-corrected chi connectivity index (χ3v) is 2.31. The highest BCUT2D eigenvalue weighted by molar-refractivity contribution is 5.77. The van der Waals surface area contributed by atoms with E-state index in [4.69, 9.17) is 18.9 Å². The summed E-state index contributed by atoms with van der Waals surface area (Å²) >= 11 is 0. The van der Waals surface area contributed by atoms with E-state index >= 15 is 0 Å². The van der Waals surface area contributed by atoms with Gasteiger partial charge < -0.3 is 29.0 Å². The number of hydrogen-bond acceptors (Lipinski definition) is 6. The fourth-order valence-electron chi connectivity index (χ4n) is 1.35. The van der Waals surface area contributed by atoms with Gasteiger partial charge in [-0.15, -0.1) is 0 Å². The monoisotopic (exact) mass is 307 g/mol. The van der Waals surface area contributed by atoms with Gasteiger partial charge in [-0.3, -0.25) is 4.79 Å². The number of rotatable bonds is 16. The van der Waals surface area contributed by atoms with Gasteiger partial charge in [-0.25, -0.2) is 0 Å². The van der Waals surface area contributed by atoms with Crippen LogP contribution in [0.4, 0.5) is 0 Å². The lowest BCUT2D eigenvalue weighted by Crippen LogP contribution is -2.30. The molecule has 0 spiro atoms. The molecule has 0 fully saturated rings. The van der Waals surface area contributed by atoms with Crippen LogP contribution in [0.3, 0.4) is 0 Å². The largest absolute Gasteiger partial charge is 0.379 e. The smallest absolute Gasteiger partial charge is 0.246 e. The molecule has 0 radical (unpaired) electrons. The first-order valence-corrected chi connectivity index (χ1v) is 7.37. The molecule has 0 aromatic rings. The van der Waals surface area contributed by atoms with E-state index in [0.717, 1.165) is 13.0 Å². The molecule has 7 heteroatoms. The molecule has 0 heterocycles. The number of nitrogens with one attached hydrogen (secondary N) is 1. The first-order valence-electron chi connectivity index (χ1n) is 7.37. The second-order valence-electron chi connectivity index (χ2n) is 4.23. The molecule has 0 aliphatic carbocycles. The van der Waals surface area contributed by atoms with E-state index in [1.807, 2.05) is 0 Å². The van der Waals surface area contributed by atoms with E-state index in [-0.39, 0.29) is 12.5 Å². The number of carbonyl (C=O) groups is 1. The van der Waals surface area contributed by atoms with Crippen molar-refractivity contribution in [2.24, 2.45) is 0 Å². The summed E-state index contributed by atoms with van der Waals surface area (Å²) in [5.41, 5.74) is 0. The molecule has 0 atom stereocenters. The van der Waals surface area contributed by atoms with Crippen molar-refractivity contribution >= 4 is 5.91 Å². The normalized spacial score (nSPS) is 10.8. The van der Waals surface area contributed by atoms with Crippen LogP contribution in [0.15, 0.2) is 0 Å². The van der Waals surface area contributed by atoms with Crippen molar-refractivity contribution in [2.75, 3.05) is 73.1 Å². The Kier molecular flexibility index (Phi) is 16.7. The Morgan fingerprint density at radius 3 is 1.76 bits per heavy atom. The standard InChI is InChI=1S/C14H29NO6/c1-3-5-18-7-9-20-11-12-21-10-8-19-6-4-15-14(16)13-17-2/h3-13H2,1-2H3,(H,15,16). The van der Waals surface area contributed by atoms with Crippen molar-refractivity contribution in [1.29, 1.82) is 0 Å². The highest BCUT2D eigenvalue weighted by Gasteiger charge is 1.98. The number of carbonyl (C=O) groups excluding carboxylic acids is 1. The summed E-state index contributed by atoms with van der Waals surface area (Å²) in [6.07, 6.45) is 1.03. The van der Waals surface area contributed by atoms with Gasteiger partial charge >= 0.3 is 0 Å². The molecule has 0 aliphatic rings. The van der Waals surface area contributed by atoms with Gasteiger partial charge in [0.15, 0.2) is 0 Å².